The van der Waals surface area contributed by atoms with E-state index in [1.165, 1.54) is 46.3 Å². The summed E-state index contributed by atoms with van der Waals surface area (Å²) < 4.78 is 1.25. The van der Waals surface area contributed by atoms with Crippen molar-refractivity contribution in [2.24, 2.45) is 5.41 Å². The van der Waals surface area contributed by atoms with Crippen molar-refractivity contribution in [3.05, 3.63) is 20.3 Å². The Labute approximate surface area is 117 Å². The summed E-state index contributed by atoms with van der Waals surface area (Å²) in [5.41, 5.74) is 1.92. The summed E-state index contributed by atoms with van der Waals surface area (Å²) >= 11 is 5.47. The fourth-order valence-corrected chi connectivity index (χ4v) is 5.02. The fourth-order valence-electron chi connectivity index (χ4n) is 3.27. The smallest absolute Gasteiger partial charge is 0.0704 e. The van der Waals surface area contributed by atoms with Gasteiger partial charge in [0.2, 0.25) is 0 Å². The van der Waals surface area contributed by atoms with Gasteiger partial charge >= 0.3 is 0 Å². The molecule has 17 heavy (non-hydrogen) atoms. The minimum absolute atomic E-state index is 0.429. The van der Waals surface area contributed by atoms with Crippen molar-refractivity contribution in [2.45, 2.75) is 52.0 Å². The quantitative estimate of drug-likeness (QED) is 0.823. The number of rotatable bonds is 3. The van der Waals surface area contributed by atoms with Gasteiger partial charge in [-0.05, 0) is 59.8 Å². The van der Waals surface area contributed by atoms with Crippen LogP contribution in [0, 0.1) is 12.3 Å². The van der Waals surface area contributed by atoms with Gasteiger partial charge in [0.05, 0.1) is 3.79 Å². The van der Waals surface area contributed by atoms with Crippen molar-refractivity contribution in [1.82, 2.24) is 5.32 Å². The molecule has 0 spiro atoms. The minimum atomic E-state index is 0.429. The van der Waals surface area contributed by atoms with Gasteiger partial charge in [-0.25, -0.2) is 0 Å². The summed E-state index contributed by atoms with van der Waals surface area (Å²) in [6, 6.07) is 2.81. The Morgan fingerprint density at radius 1 is 1.35 bits per heavy atom. The average molecular weight is 316 g/mol. The molecule has 1 aromatic rings. The maximum absolute atomic E-state index is 3.61. The van der Waals surface area contributed by atoms with E-state index in [9.17, 15) is 0 Å². The molecule has 1 atom stereocenters. The SMILES string of the molecule is CNC(c1cc(Br)sc1C)C1(C)CCCCC1. The molecule has 1 heterocycles. The van der Waals surface area contributed by atoms with Crippen molar-refractivity contribution < 1.29 is 0 Å². The van der Waals surface area contributed by atoms with Crippen molar-refractivity contribution in [3.8, 4) is 0 Å². The van der Waals surface area contributed by atoms with Crippen molar-refractivity contribution in [1.29, 1.82) is 0 Å². The Hall–Kier alpha value is 0.140. The van der Waals surface area contributed by atoms with Crippen LogP contribution in [0.2, 0.25) is 0 Å². The maximum atomic E-state index is 3.61. The molecule has 0 saturated heterocycles. The van der Waals surface area contributed by atoms with E-state index < -0.39 is 0 Å². The number of halogens is 1. The van der Waals surface area contributed by atoms with Gasteiger partial charge in [0.25, 0.3) is 0 Å². The van der Waals surface area contributed by atoms with E-state index in [-0.39, 0.29) is 0 Å². The van der Waals surface area contributed by atoms with Crippen molar-refractivity contribution in [3.63, 3.8) is 0 Å². The molecular weight excluding hydrogens is 294 g/mol. The van der Waals surface area contributed by atoms with Crippen molar-refractivity contribution in [2.75, 3.05) is 7.05 Å². The lowest BCUT2D eigenvalue weighted by atomic mass is 9.68. The molecule has 3 heteroatoms. The molecule has 1 aliphatic carbocycles. The molecule has 1 fully saturated rings. The van der Waals surface area contributed by atoms with Crippen LogP contribution in [-0.2, 0) is 0 Å². The van der Waals surface area contributed by atoms with Gasteiger partial charge in [-0.15, -0.1) is 11.3 Å². The van der Waals surface area contributed by atoms with Crippen LogP contribution in [0.5, 0.6) is 0 Å². The largest absolute Gasteiger partial charge is 0.313 e. The monoisotopic (exact) mass is 315 g/mol. The summed E-state index contributed by atoms with van der Waals surface area (Å²) in [6.45, 7) is 4.69. The molecular formula is C14H22BrNS. The molecule has 0 aromatic carbocycles. The molecule has 1 saturated carbocycles. The minimum Gasteiger partial charge on any atom is -0.313 e. The second-order valence-electron chi connectivity index (χ2n) is 5.50. The summed E-state index contributed by atoms with van der Waals surface area (Å²) in [5, 5.41) is 3.57. The summed E-state index contributed by atoms with van der Waals surface area (Å²) in [6.07, 6.45) is 6.90. The van der Waals surface area contributed by atoms with E-state index in [0.717, 1.165) is 0 Å². The fraction of sp³-hybridized carbons (Fsp3) is 0.714. The zero-order valence-electron chi connectivity index (χ0n) is 11.0. The number of hydrogen-bond acceptors (Lipinski definition) is 2. The van der Waals surface area contributed by atoms with E-state index in [1.54, 1.807) is 0 Å². The Balaban J connectivity index is 2.29. The third kappa shape index (κ3) is 2.77. The zero-order chi connectivity index (χ0) is 12.5. The van der Waals surface area contributed by atoms with Gasteiger partial charge in [-0.2, -0.15) is 0 Å². The molecule has 1 N–H and O–H groups in total. The molecule has 1 aromatic heterocycles. The van der Waals surface area contributed by atoms with Crippen molar-refractivity contribution >= 4 is 27.3 Å². The topological polar surface area (TPSA) is 12.0 Å². The highest BCUT2D eigenvalue weighted by atomic mass is 79.9. The Bertz CT molecular complexity index is 380. The van der Waals surface area contributed by atoms with E-state index in [4.69, 9.17) is 0 Å². The van der Waals surface area contributed by atoms with Gasteiger partial charge < -0.3 is 5.32 Å². The first kappa shape index (κ1) is 13.6. The molecule has 0 bridgehead atoms. The Morgan fingerprint density at radius 3 is 2.47 bits per heavy atom. The standard InChI is InChI=1S/C14H22BrNS/c1-10-11(9-12(15)17-10)13(16-3)14(2)7-5-4-6-8-14/h9,13,16H,4-8H2,1-3H3. The first-order valence-corrected chi connectivity index (χ1v) is 8.11. The lowest BCUT2D eigenvalue weighted by molar-refractivity contribution is 0.150. The van der Waals surface area contributed by atoms with Crippen LogP contribution in [-0.4, -0.2) is 7.05 Å². The Kier molecular flexibility index (Phi) is 4.32. The van der Waals surface area contributed by atoms with Crippen LogP contribution in [0.3, 0.4) is 0 Å². The summed E-state index contributed by atoms with van der Waals surface area (Å²) in [5.74, 6) is 0. The third-order valence-corrected chi connectivity index (χ3v) is 5.79. The van der Waals surface area contributed by atoms with Crippen LogP contribution in [0.4, 0.5) is 0 Å². The lowest BCUT2D eigenvalue weighted by Crippen LogP contribution is -2.36. The first-order valence-electron chi connectivity index (χ1n) is 6.50. The van der Waals surface area contributed by atoms with Crippen LogP contribution >= 0.6 is 27.3 Å². The lowest BCUT2D eigenvalue weighted by Gasteiger charge is -2.41. The molecule has 1 nitrogen and oxygen atoms in total. The maximum Gasteiger partial charge on any atom is 0.0704 e. The van der Waals surface area contributed by atoms with Gasteiger partial charge in [-0.1, -0.05) is 26.2 Å². The van der Waals surface area contributed by atoms with Gasteiger partial charge in [-0.3, -0.25) is 0 Å². The summed E-state index contributed by atoms with van der Waals surface area (Å²) in [7, 11) is 2.11. The highest BCUT2D eigenvalue weighted by Crippen LogP contribution is 2.47. The van der Waals surface area contributed by atoms with E-state index >= 15 is 0 Å². The predicted octanol–water partition coefficient (Wildman–Crippen LogP) is 5.05. The molecule has 1 aliphatic rings. The second-order valence-corrected chi connectivity index (χ2v) is 8.13. The number of hydrogen-bond donors (Lipinski definition) is 1. The van der Waals surface area contributed by atoms with Crippen LogP contribution in [0.1, 0.15) is 55.5 Å². The molecule has 0 aliphatic heterocycles. The Morgan fingerprint density at radius 2 is 2.00 bits per heavy atom. The highest BCUT2D eigenvalue weighted by Gasteiger charge is 2.36. The third-order valence-electron chi connectivity index (χ3n) is 4.22. The predicted molar refractivity (Wildman–Crippen MR) is 79.7 cm³/mol. The number of nitrogens with one attached hydrogen (secondary N) is 1. The van der Waals surface area contributed by atoms with Crippen LogP contribution in [0.25, 0.3) is 0 Å². The highest BCUT2D eigenvalue weighted by molar-refractivity contribution is 9.11. The van der Waals surface area contributed by atoms with E-state index in [1.807, 2.05) is 11.3 Å². The number of aryl methyl sites for hydroxylation is 1. The first-order chi connectivity index (χ1) is 8.07. The summed E-state index contributed by atoms with van der Waals surface area (Å²) in [4.78, 5) is 1.45. The number of thiophene rings is 1. The molecule has 1 unspecified atom stereocenters. The normalized spacial score (nSPS) is 21.4. The van der Waals surface area contributed by atoms with Crippen LogP contribution in [0.15, 0.2) is 9.85 Å². The zero-order valence-corrected chi connectivity index (χ0v) is 13.4. The van der Waals surface area contributed by atoms with Gasteiger partial charge in [0.1, 0.15) is 0 Å². The molecule has 96 valence electrons. The van der Waals surface area contributed by atoms with Crippen LogP contribution < -0.4 is 5.32 Å². The molecule has 0 amide bonds. The molecule has 2 rings (SSSR count). The van der Waals surface area contributed by atoms with Gasteiger partial charge in [0, 0.05) is 10.9 Å². The van der Waals surface area contributed by atoms with E-state index in [0.29, 0.717) is 11.5 Å². The average Bonchev–Trinajstić information content (AvgIpc) is 2.60. The van der Waals surface area contributed by atoms with E-state index in [2.05, 4.69) is 48.2 Å². The molecule has 0 radical (unpaired) electrons. The second kappa shape index (κ2) is 5.41. The van der Waals surface area contributed by atoms with Gasteiger partial charge in [0.15, 0.2) is 0 Å².